The van der Waals surface area contributed by atoms with Crippen LogP contribution in [0.5, 0.6) is 0 Å². The molecule has 0 saturated carbocycles. The van der Waals surface area contributed by atoms with E-state index >= 15 is 0 Å². The maximum atomic E-state index is 12.6. The highest BCUT2D eigenvalue weighted by molar-refractivity contribution is 5.77. The fraction of sp³-hybridized carbons (Fsp3) is 0.133. The zero-order valence-electron chi connectivity index (χ0n) is 10.2. The summed E-state index contributed by atoms with van der Waals surface area (Å²) in [4.78, 5) is 10.6. The van der Waals surface area contributed by atoms with Crippen molar-refractivity contribution in [3.8, 4) is 11.1 Å². The van der Waals surface area contributed by atoms with Gasteiger partial charge in [-0.3, -0.25) is 4.79 Å². The van der Waals surface area contributed by atoms with Gasteiger partial charge in [-0.05, 0) is 35.7 Å². The monoisotopic (exact) mass is 264 g/mol. The fourth-order valence-electron chi connectivity index (χ4n) is 1.91. The lowest BCUT2D eigenvalue weighted by Crippen LogP contribution is -2.05. The molecule has 0 unspecified atom stereocenters. The number of carbonyl (C=O) groups is 1. The van der Waals surface area contributed by atoms with E-state index in [1.54, 1.807) is 31.2 Å². The van der Waals surface area contributed by atoms with Crippen LogP contribution < -0.4 is 0 Å². The second kappa shape index (κ2) is 4.88. The highest BCUT2D eigenvalue weighted by Gasteiger charge is 2.30. The predicted molar refractivity (Wildman–Crippen MR) is 67.0 cm³/mol. The average molecular weight is 264 g/mol. The van der Waals surface area contributed by atoms with Crippen LogP contribution in [0.25, 0.3) is 11.1 Å². The van der Waals surface area contributed by atoms with E-state index in [9.17, 15) is 18.0 Å². The van der Waals surface area contributed by atoms with Crippen molar-refractivity contribution in [2.24, 2.45) is 0 Å². The average Bonchev–Trinajstić information content (AvgIpc) is 2.38. The van der Waals surface area contributed by atoms with Crippen LogP contribution >= 0.6 is 0 Å². The van der Waals surface area contributed by atoms with E-state index in [1.807, 2.05) is 0 Å². The Labute approximate surface area is 108 Å². The molecule has 98 valence electrons. The molecule has 19 heavy (non-hydrogen) atoms. The van der Waals surface area contributed by atoms with Crippen LogP contribution in [0, 0.1) is 6.92 Å². The minimum atomic E-state index is -4.33. The Kier molecular flexibility index (Phi) is 3.42. The van der Waals surface area contributed by atoms with Gasteiger partial charge in [-0.15, -0.1) is 0 Å². The van der Waals surface area contributed by atoms with Crippen molar-refractivity contribution in [1.82, 2.24) is 0 Å². The van der Waals surface area contributed by atoms with Crippen LogP contribution in [0.15, 0.2) is 42.5 Å². The molecule has 0 N–H and O–H groups in total. The molecule has 0 aliphatic carbocycles. The van der Waals surface area contributed by atoms with Crippen LogP contribution in [0.1, 0.15) is 21.5 Å². The molecule has 0 saturated heterocycles. The molecule has 4 heteroatoms. The van der Waals surface area contributed by atoms with Gasteiger partial charge in [-0.25, -0.2) is 0 Å². The molecule has 0 heterocycles. The van der Waals surface area contributed by atoms with E-state index in [2.05, 4.69) is 0 Å². The Morgan fingerprint density at radius 3 is 2.11 bits per heavy atom. The van der Waals surface area contributed by atoms with Crippen LogP contribution in [0.3, 0.4) is 0 Å². The maximum Gasteiger partial charge on any atom is 0.416 e. The topological polar surface area (TPSA) is 17.1 Å². The van der Waals surface area contributed by atoms with Gasteiger partial charge in [-0.2, -0.15) is 13.2 Å². The Hall–Kier alpha value is -2.10. The van der Waals surface area contributed by atoms with Crippen molar-refractivity contribution in [2.75, 3.05) is 0 Å². The Bertz CT molecular complexity index is 598. The van der Waals surface area contributed by atoms with Gasteiger partial charge in [0.25, 0.3) is 0 Å². The third kappa shape index (κ3) is 2.84. The molecule has 0 fully saturated rings. The molecule has 0 aromatic heterocycles. The zero-order valence-corrected chi connectivity index (χ0v) is 10.2. The minimum absolute atomic E-state index is 0.535. The molecule has 1 nitrogen and oxygen atoms in total. The summed E-state index contributed by atoms with van der Waals surface area (Å²) in [6.45, 7) is 1.64. The first-order valence-electron chi connectivity index (χ1n) is 5.65. The summed E-state index contributed by atoms with van der Waals surface area (Å²) >= 11 is 0. The van der Waals surface area contributed by atoms with Crippen molar-refractivity contribution in [1.29, 1.82) is 0 Å². The molecule has 0 amide bonds. The summed E-state index contributed by atoms with van der Waals surface area (Å²) in [5, 5.41) is 0. The minimum Gasteiger partial charge on any atom is -0.298 e. The summed E-state index contributed by atoms with van der Waals surface area (Å²) in [5.41, 5.74) is 1.95. The third-order valence-corrected chi connectivity index (χ3v) is 2.91. The van der Waals surface area contributed by atoms with E-state index < -0.39 is 11.7 Å². The molecule has 0 spiro atoms. The standard InChI is InChI=1S/C15H11F3O/c1-10-8-13(15(16,17)18)6-7-14(10)12-4-2-11(9-19)3-5-12/h2-9H,1H3. The lowest BCUT2D eigenvalue weighted by Gasteiger charge is -2.11. The molecule has 0 aliphatic heterocycles. The summed E-state index contributed by atoms with van der Waals surface area (Å²) < 4.78 is 37.7. The second-order valence-corrected chi connectivity index (χ2v) is 4.27. The van der Waals surface area contributed by atoms with E-state index in [0.717, 1.165) is 29.5 Å². The SMILES string of the molecule is Cc1cc(C(F)(F)F)ccc1-c1ccc(C=O)cc1. The van der Waals surface area contributed by atoms with Crippen molar-refractivity contribution in [3.05, 3.63) is 59.2 Å². The van der Waals surface area contributed by atoms with Gasteiger partial charge in [0, 0.05) is 5.56 Å². The van der Waals surface area contributed by atoms with Crippen molar-refractivity contribution < 1.29 is 18.0 Å². The summed E-state index contributed by atoms with van der Waals surface area (Å²) in [6, 6.07) is 10.4. The highest BCUT2D eigenvalue weighted by Crippen LogP contribution is 2.33. The molecular weight excluding hydrogens is 253 g/mol. The van der Waals surface area contributed by atoms with Crippen LogP contribution in [0.4, 0.5) is 13.2 Å². The van der Waals surface area contributed by atoms with Gasteiger partial charge < -0.3 is 0 Å². The Morgan fingerprint density at radius 1 is 1.00 bits per heavy atom. The summed E-state index contributed by atoms with van der Waals surface area (Å²) in [7, 11) is 0. The van der Waals surface area contributed by atoms with E-state index in [0.29, 0.717) is 11.1 Å². The normalized spacial score (nSPS) is 11.4. The molecule has 0 radical (unpaired) electrons. The number of hydrogen-bond donors (Lipinski definition) is 0. The summed E-state index contributed by atoms with van der Waals surface area (Å²) in [5.74, 6) is 0. The lowest BCUT2D eigenvalue weighted by molar-refractivity contribution is -0.137. The van der Waals surface area contributed by atoms with Crippen LogP contribution in [-0.4, -0.2) is 6.29 Å². The largest absolute Gasteiger partial charge is 0.416 e. The number of aryl methyl sites for hydroxylation is 1. The molecule has 2 rings (SSSR count). The third-order valence-electron chi connectivity index (χ3n) is 2.91. The molecule has 0 aliphatic rings. The summed E-state index contributed by atoms with van der Waals surface area (Å²) in [6.07, 6.45) is -3.60. The zero-order chi connectivity index (χ0) is 14.0. The second-order valence-electron chi connectivity index (χ2n) is 4.27. The van der Waals surface area contributed by atoms with Crippen LogP contribution in [-0.2, 0) is 6.18 Å². The molecule has 0 bridgehead atoms. The van der Waals surface area contributed by atoms with Gasteiger partial charge in [0.2, 0.25) is 0 Å². The molecule has 2 aromatic rings. The van der Waals surface area contributed by atoms with Gasteiger partial charge in [0.1, 0.15) is 6.29 Å². The van der Waals surface area contributed by atoms with Crippen molar-refractivity contribution in [3.63, 3.8) is 0 Å². The van der Waals surface area contributed by atoms with Gasteiger partial charge in [-0.1, -0.05) is 30.3 Å². The lowest BCUT2D eigenvalue weighted by atomic mass is 9.97. The first-order valence-corrected chi connectivity index (χ1v) is 5.65. The number of rotatable bonds is 2. The number of alkyl halides is 3. The number of carbonyl (C=O) groups excluding carboxylic acids is 1. The van der Waals surface area contributed by atoms with Gasteiger partial charge in [0.15, 0.2) is 0 Å². The van der Waals surface area contributed by atoms with E-state index in [-0.39, 0.29) is 0 Å². The number of hydrogen-bond acceptors (Lipinski definition) is 1. The molecule has 0 atom stereocenters. The first-order chi connectivity index (χ1) is 8.91. The smallest absolute Gasteiger partial charge is 0.298 e. The number of aldehydes is 1. The molecular formula is C15H11F3O. The van der Waals surface area contributed by atoms with Gasteiger partial charge in [0.05, 0.1) is 5.56 Å². The number of halogens is 3. The fourth-order valence-corrected chi connectivity index (χ4v) is 1.91. The van der Waals surface area contributed by atoms with Crippen LogP contribution in [0.2, 0.25) is 0 Å². The Morgan fingerprint density at radius 2 is 1.63 bits per heavy atom. The Balaban J connectivity index is 2.42. The van der Waals surface area contributed by atoms with Crippen molar-refractivity contribution >= 4 is 6.29 Å². The first kappa shape index (κ1) is 13.3. The maximum absolute atomic E-state index is 12.6. The van der Waals surface area contributed by atoms with E-state index in [1.165, 1.54) is 6.07 Å². The predicted octanol–water partition coefficient (Wildman–Crippen LogP) is 4.49. The quantitative estimate of drug-likeness (QED) is 0.730. The van der Waals surface area contributed by atoms with Gasteiger partial charge >= 0.3 is 6.18 Å². The van der Waals surface area contributed by atoms with E-state index in [4.69, 9.17) is 0 Å². The highest BCUT2D eigenvalue weighted by atomic mass is 19.4. The molecule has 2 aromatic carbocycles. The van der Waals surface area contributed by atoms with Crippen molar-refractivity contribution in [2.45, 2.75) is 13.1 Å². The number of benzene rings is 2.